The van der Waals surface area contributed by atoms with Crippen molar-refractivity contribution < 1.29 is 9.53 Å². The van der Waals surface area contributed by atoms with Gasteiger partial charge in [0.15, 0.2) is 0 Å². The number of carbonyl (C=O) groups is 1. The Kier molecular flexibility index (Phi) is 4.15. The lowest BCUT2D eigenvalue weighted by Crippen LogP contribution is -2.50. The van der Waals surface area contributed by atoms with Gasteiger partial charge in [-0.05, 0) is 37.8 Å². The van der Waals surface area contributed by atoms with Crippen LogP contribution in [0.1, 0.15) is 26.7 Å². The number of amides is 1. The minimum atomic E-state index is 0.126. The van der Waals surface area contributed by atoms with E-state index in [0.717, 1.165) is 44.8 Å². The Labute approximate surface area is 126 Å². The Morgan fingerprint density at radius 1 is 1.24 bits per heavy atom. The number of carbonyl (C=O) groups excluding carboxylic acids is 1. The van der Waals surface area contributed by atoms with Gasteiger partial charge >= 0.3 is 0 Å². The van der Waals surface area contributed by atoms with Gasteiger partial charge in [-0.1, -0.05) is 12.1 Å². The highest BCUT2D eigenvalue weighted by Gasteiger charge is 2.31. The van der Waals surface area contributed by atoms with E-state index in [-0.39, 0.29) is 11.9 Å². The summed E-state index contributed by atoms with van der Waals surface area (Å²) in [4.78, 5) is 16.3. The first-order valence-electron chi connectivity index (χ1n) is 7.88. The summed E-state index contributed by atoms with van der Waals surface area (Å²) in [6.07, 6.45) is 2.28. The molecule has 1 aromatic rings. The summed E-state index contributed by atoms with van der Waals surface area (Å²) in [7, 11) is 0. The van der Waals surface area contributed by atoms with Crippen molar-refractivity contribution in [3.8, 4) is 0 Å². The van der Waals surface area contributed by atoms with Crippen LogP contribution in [0.2, 0.25) is 0 Å². The van der Waals surface area contributed by atoms with Crippen molar-refractivity contribution in [3.63, 3.8) is 0 Å². The van der Waals surface area contributed by atoms with E-state index < -0.39 is 0 Å². The molecule has 1 atom stereocenters. The van der Waals surface area contributed by atoms with Crippen LogP contribution in [0.3, 0.4) is 0 Å². The first-order valence-corrected chi connectivity index (χ1v) is 7.88. The maximum Gasteiger partial charge on any atom is 0.224 e. The third-order valence-corrected chi connectivity index (χ3v) is 4.57. The van der Waals surface area contributed by atoms with Gasteiger partial charge in [0.25, 0.3) is 0 Å². The van der Waals surface area contributed by atoms with Gasteiger partial charge in [-0.15, -0.1) is 0 Å². The number of anilines is 2. The average Bonchev–Trinajstić information content (AvgIpc) is 2.48. The lowest BCUT2D eigenvalue weighted by atomic mass is 9.98. The smallest absolute Gasteiger partial charge is 0.224 e. The summed E-state index contributed by atoms with van der Waals surface area (Å²) >= 11 is 0. The predicted octanol–water partition coefficient (Wildman–Crippen LogP) is 2.67. The van der Waals surface area contributed by atoms with Gasteiger partial charge in [0, 0.05) is 33.2 Å². The van der Waals surface area contributed by atoms with Crippen LogP contribution in [0, 0.1) is 5.92 Å². The van der Waals surface area contributed by atoms with Gasteiger partial charge in [0.2, 0.25) is 5.91 Å². The summed E-state index contributed by atoms with van der Waals surface area (Å²) in [5, 5.41) is 0. The molecule has 1 saturated heterocycles. The van der Waals surface area contributed by atoms with Crippen molar-refractivity contribution >= 4 is 17.3 Å². The second-order valence-corrected chi connectivity index (χ2v) is 6.19. The molecule has 0 unspecified atom stereocenters. The summed E-state index contributed by atoms with van der Waals surface area (Å²) in [5.41, 5.74) is 2.24. The minimum Gasteiger partial charge on any atom is -0.381 e. The molecular weight excluding hydrogens is 264 g/mol. The van der Waals surface area contributed by atoms with Gasteiger partial charge in [0.05, 0.1) is 17.4 Å². The molecule has 0 saturated carbocycles. The van der Waals surface area contributed by atoms with Gasteiger partial charge in [-0.25, -0.2) is 0 Å². The highest BCUT2D eigenvalue weighted by molar-refractivity contribution is 5.97. The van der Waals surface area contributed by atoms with Gasteiger partial charge in [0.1, 0.15) is 0 Å². The standard InChI is InChI=1S/C17H24N2O2/c1-13-11-18(12-15-7-9-21-10-8-15)16-5-3-4-6-17(16)19(13)14(2)20/h3-6,13,15H,7-12H2,1-2H3/t13-/m0/s1. The minimum absolute atomic E-state index is 0.126. The quantitative estimate of drug-likeness (QED) is 0.839. The van der Waals surface area contributed by atoms with Crippen molar-refractivity contribution in [2.24, 2.45) is 5.92 Å². The van der Waals surface area contributed by atoms with E-state index >= 15 is 0 Å². The molecule has 3 rings (SSSR count). The molecule has 0 aromatic heterocycles. The molecule has 1 amide bonds. The summed E-state index contributed by atoms with van der Waals surface area (Å²) in [5.74, 6) is 0.823. The lowest BCUT2D eigenvalue weighted by Gasteiger charge is -2.43. The molecule has 0 bridgehead atoms. The first-order chi connectivity index (χ1) is 10.2. The molecule has 1 fully saturated rings. The fraction of sp³-hybridized carbons (Fsp3) is 0.588. The Morgan fingerprint density at radius 3 is 2.57 bits per heavy atom. The van der Waals surface area contributed by atoms with E-state index in [4.69, 9.17) is 4.74 Å². The maximum absolute atomic E-state index is 12.0. The molecule has 0 N–H and O–H groups in total. The average molecular weight is 288 g/mol. The highest BCUT2D eigenvalue weighted by Crippen LogP contribution is 2.36. The topological polar surface area (TPSA) is 32.8 Å². The first kappa shape index (κ1) is 14.4. The molecule has 0 spiro atoms. The largest absolute Gasteiger partial charge is 0.381 e. The molecule has 4 heteroatoms. The molecule has 0 radical (unpaired) electrons. The van der Waals surface area contributed by atoms with Crippen LogP contribution >= 0.6 is 0 Å². The monoisotopic (exact) mass is 288 g/mol. The van der Waals surface area contributed by atoms with Crippen LogP contribution in [0.15, 0.2) is 24.3 Å². The lowest BCUT2D eigenvalue weighted by molar-refractivity contribution is -0.117. The summed E-state index contributed by atoms with van der Waals surface area (Å²) in [6, 6.07) is 8.49. The molecule has 2 heterocycles. The fourth-order valence-electron chi connectivity index (χ4n) is 3.57. The Morgan fingerprint density at radius 2 is 1.90 bits per heavy atom. The molecule has 4 nitrogen and oxygen atoms in total. The molecule has 1 aromatic carbocycles. The molecule has 2 aliphatic rings. The van der Waals surface area contributed by atoms with Crippen molar-refractivity contribution in [2.75, 3.05) is 36.1 Å². The highest BCUT2D eigenvalue weighted by atomic mass is 16.5. The number of ether oxygens (including phenoxy) is 1. The second-order valence-electron chi connectivity index (χ2n) is 6.19. The van der Waals surface area contributed by atoms with Crippen molar-refractivity contribution in [1.29, 1.82) is 0 Å². The van der Waals surface area contributed by atoms with Crippen LogP contribution < -0.4 is 9.80 Å². The van der Waals surface area contributed by atoms with Crippen LogP contribution in [0.25, 0.3) is 0 Å². The van der Waals surface area contributed by atoms with E-state index in [9.17, 15) is 4.79 Å². The van der Waals surface area contributed by atoms with Crippen molar-refractivity contribution in [3.05, 3.63) is 24.3 Å². The zero-order valence-corrected chi connectivity index (χ0v) is 12.9. The van der Waals surface area contributed by atoms with E-state index in [1.165, 1.54) is 5.69 Å². The SMILES string of the molecule is CC(=O)N1c2ccccc2N(CC2CCOCC2)C[C@@H]1C. The number of rotatable bonds is 2. The van der Waals surface area contributed by atoms with Crippen molar-refractivity contribution in [1.82, 2.24) is 0 Å². The van der Waals surface area contributed by atoms with Crippen LogP contribution in [-0.2, 0) is 9.53 Å². The molecular formula is C17H24N2O2. The summed E-state index contributed by atoms with van der Waals surface area (Å²) < 4.78 is 5.46. The third-order valence-electron chi connectivity index (χ3n) is 4.57. The predicted molar refractivity (Wildman–Crippen MR) is 84.8 cm³/mol. The van der Waals surface area contributed by atoms with Crippen LogP contribution in [-0.4, -0.2) is 38.3 Å². The number of hydrogen-bond donors (Lipinski definition) is 0. The number of nitrogens with zero attached hydrogens (tertiary/aromatic N) is 2. The van der Waals surface area contributed by atoms with E-state index in [1.807, 2.05) is 11.0 Å². The fourth-order valence-corrected chi connectivity index (χ4v) is 3.57. The zero-order chi connectivity index (χ0) is 14.8. The Hall–Kier alpha value is -1.55. The van der Waals surface area contributed by atoms with Gasteiger partial charge in [-0.3, -0.25) is 4.79 Å². The van der Waals surface area contributed by atoms with Gasteiger partial charge < -0.3 is 14.5 Å². The number of hydrogen-bond acceptors (Lipinski definition) is 3. The normalized spacial score (nSPS) is 23.0. The Balaban J connectivity index is 1.85. The summed E-state index contributed by atoms with van der Waals surface area (Å²) in [6.45, 7) is 7.53. The molecule has 2 aliphatic heterocycles. The van der Waals surface area contributed by atoms with Crippen molar-refractivity contribution in [2.45, 2.75) is 32.7 Å². The molecule has 0 aliphatic carbocycles. The van der Waals surface area contributed by atoms with Crippen LogP contribution in [0.4, 0.5) is 11.4 Å². The number of para-hydroxylation sites is 2. The van der Waals surface area contributed by atoms with E-state index in [1.54, 1.807) is 6.92 Å². The van der Waals surface area contributed by atoms with E-state index in [0.29, 0.717) is 5.92 Å². The van der Waals surface area contributed by atoms with Crippen LogP contribution in [0.5, 0.6) is 0 Å². The zero-order valence-electron chi connectivity index (χ0n) is 12.9. The third kappa shape index (κ3) is 2.91. The molecule has 21 heavy (non-hydrogen) atoms. The Bertz CT molecular complexity index is 511. The molecule has 114 valence electrons. The van der Waals surface area contributed by atoms with Gasteiger partial charge in [-0.2, -0.15) is 0 Å². The maximum atomic E-state index is 12.0. The number of benzene rings is 1. The van der Waals surface area contributed by atoms with E-state index in [2.05, 4.69) is 30.0 Å². The second kappa shape index (κ2) is 6.06. The number of fused-ring (bicyclic) bond motifs is 1.